The first-order chi connectivity index (χ1) is 9.99. The van der Waals surface area contributed by atoms with Crippen LogP contribution in [0.4, 0.5) is 0 Å². The maximum Gasteiger partial charge on any atom is 1.00 e. The first-order valence-electron chi connectivity index (χ1n) is 6.32. The molecular weight excluding hydrogens is 315 g/mol. The molecule has 0 unspecified atom stereocenters. The molecule has 2 aromatic carbocycles. The second-order valence-electron chi connectivity index (χ2n) is 4.82. The molecule has 0 aliphatic carbocycles. The standard InChI is InChI=1S/C16H11ClO4.Na/c1-8-12(17)6-5-11-14(20)10-4-2-3-9(7-13(18)19)16(10)21-15(8)11;/h2-6H,7H2,1H3,(H,18,19);/q;+1/p-1. The second kappa shape index (κ2) is 6.42. The fourth-order valence-corrected chi connectivity index (χ4v) is 2.55. The summed E-state index contributed by atoms with van der Waals surface area (Å²) in [5.41, 5.74) is 1.50. The zero-order chi connectivity index (χ0) is 15.1. The average molecular weight is 325 g/mol. The van der Waals surface area contributed by atoms with E-state index in [1.807, 2.05) is 0 Å². The van der Waals surface area contributed by atoms with Gasteiger partial charge in [-0.25, -0.2) is 0 Å². The fraction of sp³-hybridized carbons (Fsp3) is 0.125. The van der Waals surface area contributed by atoms with Gasteiger partial charge in [-0.15, -0.1) is 0 Å². The molecule has 4 nitrogen and oxygen atoms in total. The van der Waals surface area contributed by atoms with Gasteiger partial charge in [-0.1, -0.05) is 23.7 Å². The van der Waals surface area contributed by atoms with Crippen LogP contribution in [-0.2, 0) is 11.2 Å². The topological polar surface area (TPSA) is 70.3 Å². The minimum Gasteiger partial charge on any atom is -0.550 e. The van der Waals surface area contributed by atoms with Crippen molar-refractivity contribution >= 4 is 39.5 Å². The van der Waals surface area contributed by atoms with E-state index in [0.29, 0.717) is 32.5 Å². The van der Waals surface area contributed by atoms with Gasteiger partial charge in [0.1, 0.15) is 11.2 Å². The van der Waals surface area contributed by atoms with Crippen molar-refractivity contribution in [3.8, 4) is 0 Å². The minimum absolute atomic E-state index is 0. The molecule has 3 rings (SSSR count). The van der Waals surface area contributed by atoms with E-state index in [2.05, 4.69) is 0 Å². The summed E-state index contributed by atoms with van der Waals surface area (Å²) in [5.74, 6) is -1.23. The summed E-state index contributed by atoms with van der Waals surface area (Å²) >= 11 is 6.05. The number of carboxylic acids is 1. The third-order valence-corrected chi connectivity index (χ3v) is 3.87. The van der Waals surface area contributed by atoms with E-state index in [4.69, 9.17) is 16.0 Å². The first-order valence-corrected chi connectivity index (χ1v) is 6.70. The molecule has 0 fully saturated rings. The summed E-state index contributed by atoms with van der Waals surface area (Å²) in [6.07, 6.45) is -0.314. The number of para-hydroxylation sites is 1. The number of aryl methyl sites for hydroxylation is 1. The average Bonchev–Trinajstić information content (AvgIpc) is 2.44. The number of halogens is 1. The summed E-state index contributed by atoms with van der Waals surface area (Å²) in [6, 6.07) is 8.11. The third-order valence-electron chi connectivity index (χ3n) is 3.46. The van der Waals surface area contributed by atoms with Crippen molar-refractivity contribution in [1.82, 2.24) is 0 Å². The molecule has 0 bridgehead atoms. The van der Waals surface area contributed by atoms with Crippen LogP contribution in [0.1, 0.15) is 11.1 Å². The van der Waals surface area contributed by atoms with Gasteiger partial charge in [-0.3, -0.25) is 4.79 Å². The molecule has 6 heteroatoms. The molecule has 0 spiro atoms. The van der Waals surface area contributed by atoms with Crippen LogP contribution in [0.25, 0.3) is 21.9 Å². The normalized spacial score (nSPS) is 10.6. The van der Waals surface area contributed by atoms with Gasteiger partial charge in [0.15, 0.2) is 0 Å². The van der Waals surface area contributed by atoms with Gasteiger partial charge in [0, 0.05) is 28.5 Å². The number of rotatable bonds is 2. The second-order valence-corrected chi connectivity index (χ2v) is 5.23. The number of carbonyl (C=O) groups is 1. The Morgan fingerprint density at radius 1 is 1.18 bits per heavy atom. The number of fused-ring (bicyclic) bond motifs is 2. The van der Waals surface area contributed by atoms with E-state index >= 15 is 0 Å². The molecule has 0 amide bonds. The summed E-state index contributed by atoms with van der Waals surface area (Å²) in [4.78, 5) is 23.4. The Morgan fingerprint density at radius 3 is 2.55 bits per heavy atom. The Morgan fingerprint density at radius 2 is 1.86 bits per heavy atom. The van der Waals surface area contributed by atoms with Crippen molar-refractivity contribution in [1.29, 1.82) is 0 Å². The van der Waals surface area contributed by atoms with E-state index in [1.165, 1.54) is 0 Å². The Hall–Kier alpha value is -1.33. The molecule has 22 heavy (non-hydrogen) atoms. The van der Waals surface area contributed by atoms with Gasteiger partial charge in [-0.05, 0) is 25.1 Å². The van der Waals surface area contributed by atoms with Crippen LogP contribution >= 0.6 is 11.6 Å². The predicted molar refractivity (Wildman–Crippen MR) is 78.4 cm³/mol. The quantitative estimate of drug-likeness (QED) is 0.457. The largest absolute Gasteiger partial charge is 1.00 e. The number of carboxylic acid groups (broad SMARTS) is 1. The molecule has 1 aromatic heterocycles. The summed E-state index contributed by atoms with van der Waals surface area (Å²) in [7, 11) is 0. The molecule has 0 radical (unpaired) electrons. The van der Waals surface area contributed by atoms with Crippen LogP contribution in [0.2, 0.25) is 5.02 Å². The summed E-state index contributed by atoms with van der Waals surface area (Å²) in [6.45, 7) is 1.75. The van der Waals surface area contributed by atoms with Crippen LogP contribution in [0.15, 0.2) is 39.5 Å². The maximum atomic E-state index is 12.5. The van der Waals surface area contributed by atoms with Crippen LogP contribution in [0.3, 0.4) is 0 Å². The molecule has 0 aliphatic rings. The van der Waals surface area contributed by atoms with Gasteiger partial charge < -0.3 is 14.3 Å². The monoisotopic (exact) mass is 324 g/mol. The molecule has 106 valence electrons. The van der Waals surface area contributed by atoms with Gasteiger partial charge >= 0.3 is 29.6 Å². The van der Waals surface area contributed by atoms with Crippen LogP contribution < -0.4 is 40.1 Å². The van der Waals surface area contributed by atoms with Gasteiger partial charge in [0.05, 0.1) is 10.8 Å². The molecular formula is C16H10ClNaO4. The Balaban J connectivity index is 0.00000176. The van der Waals surface area contributed by atoms with Gasteiger partial charge in [0.2, 0.25) is 5.43 Å². The summed E-state index contributed by atoms with van der Waals surface area (Å²) in [5, 5.41) is 12.1. The van der Waals surface area contributed by atoms with Crippen LogP contribution in [0.5, 0.6) is 0 Å². The summed E-state index contributed by atoms with van der Waals surface area (Å²) < 4.78 is 5.80. The van der Waals surface area contributed by atoms with Gasteiger partial charge in [0.25, 0.3) is 0 Å². The van der Waals surface area contributed by atoms with Crippen molar-refractivity contribution in [3.05, 3.63) is 56.7 Å². The van der Waals surface area contributed by atoms with Crippen molar-refractivity contribution in [2.45, 2.75) is 13.3 Å². The number of aliphatic carboxylic acids is 1. The molecule has 0 saturated heterocycles. The van der Waals surface area contributed by atoms with E-state index in [0.717, 1.165) is 0 Å². The number of hydrogen-bond donors (Lipinski definition) is 0. The minimum atomic E-state index is -1.23. The molecule has 3 aromatic rings. The number of hydrogen-bond acceptors (Lipinski definition) is 4. The van der Waals surface area contributed by atoms with E-state index < -0.39 is 5.97 Å². The van der Waals surface area contributed by atoms with Crippen molar-refractivity contribution in [3.63, 3.8) is 0 Å². The molecule has 0 aliphatic heterocycles. The van der Waals surface area contributed by atoms with Gasteiger partial charge in [-0.2, -0.15) is 0 Å². The fourth-order valence-electron chi connectivity index (χ4n) is 2.40. The maximum absolute atomic E-state index is 12.5. The zero-order valence-corrected chi connectivity index (χ0v) is 14.9. The predicted octanol–water partition coefficient (Wildman–Crippen LogP) is -0.796. The van der Waals surface area contributed by atoms with E-state index in [1.54, 1.807) is 37.3 Å². The third kappa shape index (κ3) is 2.79. The van der Waals surface area contributed by atoms with Crippen molar-refractivity contribution in [2.24, 2.45) is 0 Å². The number of benzene rings is 2. The number of carbonyl (C=O) groups excluding carboxylic acids is 1. The van der Waals surface area contributed by atoms with E-state index in [9.17, 15) is 14.7 Å². The Kier molecular flexibility index (Phi) is 4.97. The van der Waals surface area contributed by atoms with Crippen molar-refractivity contribution in [2.75, 3.05) is 0 Å². The Bertz CT molecular complexity index is 946. The Labute approximate surface area is 153 Å². The smallest absolute Gasteiger partial charge is 0.550 e. The SMILES string of the molecule is Cc1c(Cl)ccc2c(=O)c3cccc(CC(=O)[O-])c3oc12.[Na+]. The molecule has 0 saturated carbocycles. The molecule has 1 heterocycles. The first kappa shape index (κ1) is 17.0. The van der Waals surface area contributed by atoms with Crippen LogP contribution in [0, 0.1) is 6.92 Å². The zero-order valence-electron chi connectivity index (χ0n) is 12.1. The molecule has 0 N–H and O–H groups in total. The van der Waals surface area contributed by atoms with E-state index in [-0.39, 0.29) is 47.0 Å². The van der Waals surface area contributed by atoms with Crippen molar-refractivity contribution < 1.29 is 43.9 Å². The van der Waals surface area contributed by atoms with Crippen LogP contribution in [-0.4, -0.2) is 5.97 Å². The molecule has 0 atom stereocenters.